The summed E-state index contributed by atoms with van der Waals surface area (Å²) in [6.07, 6.45) is -0.711. The minimum Gasteiger partial charge on any atom is -0.394 e. The van der Waals surface area contributed by atoms with Crippen molar-refractivity contribution in [3.63, 3.8) is 0 Å². The molecule has 0 spiro atoms. The molecule has 24 heavy (non-hydrogen) atoms. The average Bonchev–Trinajstić information content (AvgIpc) is 3.04. The number of amides is 1. The van der Waals surface area contributed by atoms with Gasteiger partial charge in [0, 0.05) is 33.3 Å². The smallest absolute Gasteiger partial charge is 0.272 e. The number of hydrogen-bond donors (Lipinski definition) is 3. The van der Waals surface area contributed by atoms with Crippen LogP contribution >= 0.6 is 23.1 Å². The Morgan fingerprint density at radius 1 is 1.42 bits per heavy atom. The number of nitrogens with one attached hydrogen (secondary N) is 1. The van der Waals surface area contributed by atoms with E-state index in [1.165, 1.54) is 35.2 Å². The molecule has 9 heteroatoms. The first-order valence-corrected chi connectivity index (χ1v) is 8.88. The number of aliphatic hydroxyl groups excluding tert-OH is 2. The summed E-state index contributed by atoms with van der Waals surface area (Å²) in [6.45, 7) is -0.383. The number of thiophene rings is 1. The zero-order chi connectivity index (χ0) is 17.5. The number of carbonyl (C=O) groups is 1. The van der Waals surface area contributed by atoms with Gasteiger partial charge in [0.2, 0.25) is 5.91 Å². The summed E-state index contributed by atoms with van der Waals surface area (Å²) < 4.78 is 0. The Kier molecular flexibility index (Phi) is 6.73. The van der Waals surface area contributed by atoms with E-state index in [1.54, 1.807) is 6.07 Å². The summed E-state index contributed by atoms with van der Waals surface area (Å²) in [5, 5.41) is 33.8. The Morgan fingerprint density at radius 3 is 2.83 bits per heavy atom. The van der Waals surface area contributed by atoms with Crippen molar-refractivity contribution in [2.75, 3.05) is 17.7 Å². The number of hydrogen-bond acceptors (Lipinski definition) is 7. The number of anilines is 1. The summed E-state index contributed by atoms with van der Waals surface area (Å²) in [5.41, 5.74) is 0.177. The van der Waals surface area contributed by atoms with Crippen molar-refractivity contribution in [2.45, 2.75) is 17.4 Å². The number of thioether (sulfide) groups is 1. The second kappa shape index (κ2) is 8.78. The van der Waals surface area contributed by atoms with Gasteiger partial charge in [-0.25, -0.2) is 0 Å². The van der Waals surface area contributed by atoms with Crippen LogP contribution in [0.4, 0.5) is 11.4 Å². The highest BCUT2D eigenvalue weighted by molar-refractivity contribution is 7.99. The van der Waals surface area contributed by atoms with E-state index < -0.39 is 11.0 Å². The Bertz CT molecular complexity index is 706. The molecule has 0 saturated heterocycles. The van der Waals surface area contributed by atoms with Crippen LogP contribution in [0.3, 0.4) is 0 Å². The summed E-state index contributed by atoms with van der Waals surface area (Å²) in [5.74, 6) is -0.0652. The number of rotatable bonds is 8. The molecule has 2 aromatic rings. The molecule has 0 bridgehead atoms. The summed E-state index contributed by atoms with van der Waals surface area (Å²) in [4.78, 5) is 24.0. The van der Waals surface area contributed by atoms with E-state index >= 15 is 0 Å². The molecular formula is C15H16N2O5S2. The molecule has 128 valence electrons. The maximum atomic E-state index is 12.0. The minimum atomic E-state index is -0.911. The normalized spacial score (nSPS) is 11.9. The minimum absolute atomic E-state index is 0.148. The molecule has 0 fully saturated rings. The van der Waals surface area contributed by atoms with E-state index in [0.717, 1.165) is 4.88 Å². The molecule has 0 aliphatic rings. The molecule has 0 saturated carbocycles. The van der Waals surface area contributed by atoms with Crippen LogP contribution < -0.4 is 5.32 Å². The third-order valence-corrected chi connectivity index (χ3v) is 4.95. The van der Waals surface area contributed by atoms with E-state index in [9.17, 15) is 20.0 Å². The molecule has 0 aliphatic heterocycles. The highest BCUT2D eigenvalue weighted by Crippen LogP contribution is 2.28. The van der Waals surface area contributed by atoms with E-state index in [0.29, 0.717) is 10.6 Å². The third kappa shape index (κ3) is 5.60. The maximum absolute atomic E-state index is 12.0. The molecular weight excluding hydrogens is 352 g/mol. The fourth-order valence-electron chi connectivity index (χ4n) is 1.87. The molecule has 1 amide bonds. The lowest BCUT2D eigenvalue weighted by Gasteiger charge is -2.09. The van der Waals surface area contributed by atoms with Gasteiger partial charge in [0.05, 0.1) is 24.1 Å². The number of nitro benzene ring substituents is 1. The maximum Gasteiger partial charge on any atom is 0.272 e. The average molecular weight is 368 g/mol. The first-order valence-electron chi connectivity index (χ1n) is 7.01. The number of benzene rings is 1. The second-order valence-electron chi connectivity index (χ2n) is 4.92. The lowest BCUT2D eigenvalue weighted by molar-refractivity contribution is -0.385. The van der Waals surface area contributed by atoms with Crippen molar-refractivity contribution in [1.29, 1.82) is 0 Å². The van der Waals surface area contributed by atoms with Crippen molar-refractivity contribution < 1.29 is 19.9 Å². The molecule has 0 unspecified atom stereocenters. The zero-order valence-electron chi connectivity index (χ0n) is 12.5. The molecule has 1 aromatic heterocycles. The van der Waals surface area contributed by atoms with Crippen molar-refractivity contribution >= 4 is 40.4 Å². The SMILES string of the molecule is O=C(Cc1cccs1)Nc1cc(SC[C@H](O)CO)cc([N+](=O)[O-])c1. The van der Waals surface area contributed by atoms with Crippen molar-refractivity contribution in [3.8, 4) is 0 Å². The second-order valence-corrected chi connectivity index (χ2v) is 7.05. The van der Waals surface area contributed by atoms with Crippen molar-refractivity contribution in [3.05, 3.63) is 50.7 Å². The van der Waals surface area contributed by atoms with Gasteiger partial charge in [0.25, 0.3) is 5.69 Å². The van der Waals surface area contributed by atoms with Gasteiger partial charge in [0.15, 0.2) is 0 Å². The fourth-order valence-corrected chi connectivity index (χ4v) is 3.47. The lowest BCUT2D eigenvalue weighted by Crippen LogP contribution is -2.15. The van der Waals surface area contributed by atoms with Crippen LogP contribution in [0, 0.1) is 10.1 Å². The number of non-ortho nitro benzene ring substituents is 1. The van der Waals surface area contributed by atoms with Crippen LogP contribution in [-0.2, 0) is 11.2 Å². The molecule has 1 heterocycles. The van der Waals surface area contributed by atoms with E-state index in [2.05, 4.69) is 5.32 Å². The van der Waals surface area contributed by atoms with Gasteiger partial charge in [-0.2, -0.15) is 0 Å². The van der Waals surface area contributed by atoms with E-state index in [1.807, 2.05) is 17.5 Å². The third-order valence-electron chi connectivity index (χ3n) is 2.95. The first-order chi connectivity index (χ1) is 11.5. The molecule has 1 aromatic carbocycles. The standard InChI is InChI=1S/C15H16N2O5S2/c18-8-12(19)9-24-14-5-10(4-11(6-14)17(21)22)16-15(20)7-13-2-1-3-23-13/h1-6,12,18-19H,7-9H2,(H,16,20)/t12-/m1/s1. The summed E-state index contributed by atoms with van der Waals surface area (Å²) in [7, 11) is 0. The van der Waals surface area contributed by atoms with Crippen LogP contribution in [0.2, 0.25) is 0 Å². The molecule has 1 atom stereocenters. The van der Waals surface area contributed by atoms with Crippen LogP contribution in [0.1, 0.15) is 4.88 Å². The quantitative estimate of drug-likeness (QED) is 0.374. The molecule has 0 aliphatic carbocycles. The summed E-state index contributed by atoms with van der Waals surface area (Å²) in [6, 6.07) is 7.95. The topological polar surface area (TPSA) is 113 Å². The monoisotopic (exact) mass is 368 g/mol. The Hall–Kier alpha value is -1.94. The van der Waals surface area contributed by atoms with Crippen LogP contribution in [0.25, 0.3) is 0 Å². The van der Waals surface area contributed by atoms with Gasteiger partial charge in [0.1, 0.15) is 0 Å². The van der Waals surface area contributed by atoms with Gasteiger partial charge in [-0.1, -0.05) is 6.07 Å². The highest BCUT2D eigenvalue weighted by atomic mass is 32.2. The van der Waals surface area contributed by atoms with Crippen LogP contribution in [0.5, 0.6) is 0 Å². The molecule has 3 N–H and O–H groups in total. The van der Waals surface area contributed by atoms with Crippen molar-refractivity contribution in [1.82, 2.24) is 0 Å². The van der Waals surface area contributed by atoms with Gasteiger partial charge in [-0.05, 0) is 17.5 Å². The number of aliphatic hydroxyl groups is 2. The number of nitro groups is 1. The highest BCUT2D eigenvalue weighted by Gasteiger charge is 2.13. The van der Waals surface area contributed by atoms with E-state index in [-0.39, 0.29) is 30.4 Å². The van der Waals surface area contributed by atoms with Crippen LogP contribution in [0.15, 0.2) is 40.6 Å². The Balaban J connectivity index is 2.10. The number of nitrogens with zero attached hydrogens (tertiary/aromatic N) is 1. The van der Waals surface area contributed by atoms with Gasteiger partial charge in [-0.3, -0.25) is 14.9 Å². The number of carbonyl (C=O) groups excluding carboxylic acids is 1. The Morgan fingerprint density at radius 2 is 2.21 bits per heavy atom. The van der Waals surface area contributed by atoms with Gasteiger partial charge >= 0.3 is 0 Å². The van der Waals surface area contributed by atoms with Crippen LogP contribution in [-0.4, -0.2) is 39.5 Å². The molecule has 2 rings (SSSR count). The Labute approximate surface area is 146 Å². The van der Waals surface area contributed by atoms with Crippen molar-refractivity contribution in [2.24, 2.45) is 0 Å². The van der Waals surface area contributed by atoms with E-state index in [4.69, 9.17) is 5.11 Å². The molecule has 7 nitrogen and oxygen atoms in total. The fraction of sp³-hybridized carbons (Fsp3) is 0.267. The predicted molar refractivity (Wildman–Crippen MR) is 93.6 cm³/mol. The van der Waals surface area contributed by atoms with Gasteiger partial charge < -0.3 is 15.5 Å². The molecule has 0 radical (unpaired) electrons. The first kappa shape index (κ1) is 18.4. The predicted octanol–water partition coefficient (Wildman–Crippen LogP) is 2.28. The largest absolute Gasteiger partial charge is 0.394 e. The zero-order valence-corrected chi connectivity index (χ0v) is 14.2. The lowest BCUT2D eigenvalue weighted by atomic mass is 10.2. The van der Waals surface area contributed by atoms with Gasteiger partial charge in [-0.15, -0.1) is 23.1 Å². The summed E-state index contributed by atoms with van der Waals surface area (Å²) >= 11 is 2.63.